The number of nitrogens with one attached hydrogen (secondary N) is 1. The second kappa shape index (κ2) is 10.7. The van der Waals surface area contributed by atoms with Gasteiger partial charge in [0.15, 0.2) is 0 Å². The molecule has 5 heteroatoms. The zero-order valence-electron chi connectivity index (χ0n) is 13.2. The Morgan fingerprint density at radius 2 is 1.86 bits per heavy atom. The highest BCUT2D eigenvalue weighted by Crippen LogP contribution is 2.28. The number of rotatable bonds is 11. The zero-order valence-corrected chi connectivity index (χ0v) is 13.2. The number of amides is 1. The Bertz CT molecular complexity index is 487. The quantitative estimate of drug-likeness (QED) is 0.142. The van der Waals surface area contributed by atoms with Gasteiger partial charge in [0.25, 0.3) is 0 Å². The largest absolute Gasteiger partial charge is 0.505 e. The predicted molar refractivity (Wildman–Crippen MR) is 88.7 cm³/mol. The van der Waals surface area contributed by atoms with Gasteiger partial charge in [-0.25, -0.2) is 0 Å². The number of anilines is 1. The molecule has 0 aromatic heterocycles. The molecule has 1 aromatic rings. The molecule has 0 atom stereocenters. The van der Waals surface area contributed by atoms with Crippen LogP contribution in [-0.4, -0.2) is 22.4 Å². The minimum absolute atomic E-state index is 0.0645. The maximum atomic E-state index is 10.5. The molecule has 0 heterocycles. The van der Waals surface area contributed by atoms with E-state index in [0.29, 0.717) is 29.8 Å². The molecule has 0 aliphatic carbocycles. The second-order valence-electron chi connectivity index (χ2n) is 5.38. The van der Waals surface area contributed by atoms with Crippen LogP contribution in [0, 0.1) is 0 Å². The zero-order chi connectivity index (χ0) is 16.2. The van der Waals surface area contributed by atoms with Gasteiger partial charge in [0, 0.05) is 5.56 Å². The Balaban J connectivity index is 2.51. The molecule has 1 rings (SSSR count). The summed E-state index contributed by atoms with van der Waals surface area (Å²) in [7, 11) is 0. The van der Waals surface area contributed by atoms with Gasteiger partial charge in [0.1, 0.15) is 5.75 Å². The summed E-state index contributed by atoms with van der Waals surface area (Å²) < 4.78 is 0. The number of unbranched alkanes of at least 4 members (excludes halogenated alkanes) is 6. The van der Waals surface area contributed by atoms with E-state index in [1.165, 1.54) is 32.1 Å². The first-order valence-electron chi connectivity index (χ1n) is 7.98. The summed E-state index contributed by atoms with van der Waals surface area (Å²) in [5.41, 5.74) is 1.22. The van der Waals surface area contributed by atoms with Gasteiger partial charge in [-0.3, -0.25) is 4.79 Å². The highest BCUT2D eigenvalue weighted by molar-refractivity contribution is 6.04. The summed E-state index contributed by atoms with van der Waals surface area (Å²) in [5, 5.41) is 25.0. The number of hydrogen-bond acceptors (Lipinski definition) is 4. The Kier molecular flexibility index (Phi) is 8.72. The van der Waals surface area contributed by atoms with Crippen molar-refractivity contribution in [3.8, 4) is 5.75 Å². The lowest BCUT2D eigenvalue weighted by molar-refractivity contribution is -0.105. The van der Waals surface area contributed by atoms with Crippen molar-refractivity contribution in [1.29, 1.82) is 0 Å². The number of para-hydroxylation sites is 1. The van der Waals surface area contributed by atoms with E-state index in [4.69, 9.17) is 0 Å². The summed E-state index contributed by atoms with van der Waals surface area (Å²) in [6.07, 6.45) is 9.32. The average Bonchev–Trinajstić information content (AvgIpc) is 2.53. The number of oxime groups is 1. The van der Waals surface area contributed by atoms with Crippen LogP contribution < -0.4 is 5.32 Å². The van der Waals surface area contributed by atoms with E-state index in [1.807, 2.05) is 0 Å². The number of carbonyl (C=O) groups excluding carboxylic acids is 1. The maximum Gasteiger partial charge on any atom is 0.211 e. The fourth-order valence-corrected chi connectivity index (χ4v) is 2.44. The molecule has 1 amide bonds. The topological polar surface area (TPSA) is 81.9 Å². The third-order valence-electron chi connectivity index (χ3n) is 3.70. The van der Waals surface area contributed by atoms with Crippen molar-refractivity contribution in [3.05, 3.63) is 23.8 Å². The van der Waals surface area contributed by atoms with Gasteiger partial charge in [-0.2, -0.15) is 0 Å². The number of aromatic hydroxyl groups is 1. The standard InChI is InChI=1S/C17H26N2O3/c1-2-3-4-5-6-7-8-11-15(19-22)14-10-9-12-16(17(14)21)18-13-20/h9-10,12-13,21-22H,2-8,11H2,1H3,(H,18,20)/b19-15+. The van der Waals surface area contributed by atoms with E-state index in [9.17, 15) is 15.1 Å². The van der Waals surface area contributed by atoms with Crippen LogP contribution in [0.5, 0.6) is 5.75 Å². The van der Waals surface area contributed by atoms with E-state index in [-0.39, 0.29) is 5.75 Å². The molecule has 0 saturated heterocycles. The molecule has 0 saturated carbocycles. The van der Waals surface area contributed by atoms with Gasteiger partial charge in [-0.1, -0.05) is 56.7 Å². The van der Waals surface area contributed by atoms with Crippen LogP contribution >= 0.6 is 0 Å². The van der Waals surface area contributed by atoms with Crippen molar-refractivity contribution in [1.82, 2.24) is 0 Å². The van der Waals surface area contributed by atoms with Crippen molar-refractivity contribution < 1.29 is 15.1 Å². The molecule has 3 N–H and O–H groups in total. The predicted octanol–water partition coefficient (Wildman–Crippen LogP) is 4.28. The summed E-state index contributed by atoms with van der Waals surface area (Å²) in [6.45, 7) is 2.20. The molecular formula is C17H26N2O3. The van der Waals surface area contributed by atoms with E-state index < -0.39 is 0 Å². The van der Waals surface area contributed by atoms with E-state index in [2.05, 4.69) is 17.4 Å². The van der Waals surface area contributed by atoms with Crippen molar-refractivity contribution in [3.63, 3.8) is 0 Å². The highest BCUT2D eigenvalue weighted by atomic mass is 16.4. The number of phenols is 1. The van der Waals surface area contributed by atoms with Crippen LogP contribution in [-0.2, 0) is 4.79 Å². The first kappa shape index (κ1) is 18.0. The van der Waals surface area contributed by atoms with Crippen molar-refractivity contribution in [2.75, 3.05) is 5.32 Å². The molecule has 0 aliphatic rings. The Hall–Kier alpha value is -2.04. The molecule has 122 valence electrons. The Morgan fingerprint density at radius 1 is 1.18 bits per heavy atom. The van der Waals surface area contributed by atoms with Gasteiger partial charge < -0.3 is 15.6 Å². The SMILES string of the molecule is CCCCCCCCC/C(=N\O)c1cccc(NC=O)c1O. The fourth-order valence-electron chi connectivity index (χ4n) is 2.44. The molecule has 0 aliphatic heterocycles. The summed E-state index contributed by atoms with van der Waals surface area (Å²) >= 11 is 0. The van der Waals surface area contributed by atoms with Crippen molar-refractivity contribution >= 4 is 17.8 Å². The van der Waals surface area contributed by atoms with Crippen molar-refractivity contribution in [2.45, 2.75) is 58.3 Å². The molecule has 0 unspecified atom stereocenters. The van der Waals surface area contributed by atoms with Crippen LogP contribution in [0.3, 0.4) is 0 Å². The lowest BCUT2D eigenvalue weighted by Crippen LogP contribution is -2.04. The smallest absolute Gasteiger partial charge is 0.211 e. The van der Waals surface area contributed by atoms with E-state index >= 15 is 0 Å². The van der Waals surface area contributed by atoms with Gasteiger partial charge in [0.05, 0.1) is 11.4 Å². The normalized spacial score (nSPS) is 11.4. The first-order chi connectivity index (χ1) is 10.7. The molecule has 5 nitrogen and oxygen atoms in total. The summed E-state index contributed by atoms with van der Waals surface area (Å²) in [4.78, 5) is 10.5. The monoisotopic (exact) mass is 306 g/mol. The van der Waals surface area contributed by atoms with Crippen LogP contribution in [0.4, 0.5) is 5.69 Å². The van der Waals surface area contributed by atoms with Crippen LogP contribution in [0.15, 0.2) is 23.4 Å². The molecule has 0 bridgehead atoms. The summed E-state index contributed by atoms with van der Waals surface area (Å²) in [5.74, 6) is -0.0645. The second-order valence-corrected chi connectivity index (χ2v) is 5.38. The fraction of sp³-hybridized carbons (Fsp3) is 0.529. The van der Waals surface area contributed by atoms with Gasteiger partial charge in [-0.15, -0.1) is 0 Å². The average molecular weight is 306 g/mol. The molecule has 0 radical (unpaired) electrons. The third-order valence-corrected chi connectivity index (χ3v) is 3.70. The van der Waals surface area contributed by atoms with Gasteiger partial charge >= 0.3 is 0 Å². The van der Waals surface area contributed by atoms with Gasteiger partial charge in [-0.05, 0) is 25.0 Å². The molecule has 0 spiro atoms. The Labute approximate surface area is 132 Å². The van der Waals surface area contributed by atoms with Crippen molar-refractivity contribution in [2.24, 2.45) is 5.16 Å². The molecular weight excluding hydrogens is 280 g/mol. The van der Waals surface area contributed by atoms with E-state index in [1.54, 1.807) is 18.2 Å². The maximum absolute atomic E-state index is 10.5. The molecule has 22 heavy (non-hydrogen) atoms. The minimum Gasteiger partial charge on any atom is -0.505 e. The molecule has 1 aromatic carbocycles. The number of hydrogen-bond donors (Lipinski definition) is 3. The highest BCUT2D eigenvalue weighted by Gasteiger charge is 2.12. The van der Waals surface area contributed by atoms with E-state index in [0.717, 1.165) is 12.8 Å². The lowest BCUT2D eigenvalue weighted by atomic mass is 10.0. The summed E-state index contributed by atoms with van der Waals surface area (Å²) in [6, 6.07) is 4.98. The van der Waals surface area contributed by atoms with Crippen LogP contribution in [0.1, 0.15) is 63.9 Å². The lowest BCUT2D eigenvalue weighted by Gasteiger charge is -2.10. The first-order valence-corrected chi connectivity index (χ1v) is 7.98. The van der Waals surface area contributed by atoms with Crippen LogP contribution in [0.25, 0.3) is 0 Å². The number of nitrogens with zero attached hydrogens (tertiary/aromatic N) is 1. The number of phenolic OH excluding ortho intramolecular Hbond substituents is 1. The Morgan fingerprint density at radius 3 is 2.50 bits per heavy atom. The van der Waals surface area contributed by atoms with Gasteiger partial charge in [0.2, 0.25) is 6.41 Å². The molecule has 0 fully saturated rings. The minimum atomic E-state index is -0.0645. The number of benzene rings is 1. The third kappa shape index (κ3) is 5.76. The number of carbonyl (C=O) groups is 1. The van der Waals surface area contributed by atoms with Crippen LogP contribution in [0.2, 0.25) is 0 Å².